The lowest BCUT2D eigenvalue weighted by atomic mass is 10.5. The van der Waals surface area contributed by atoms with Gasteiger partial charge in [-0.2, -0.15) is 14.0 Å². The molecule has 0 bridgehead atoms. The molecule has 6 heteroatoms. The molecule has 0 aromatic carbocycles. The molecule has 0 aliphatic heterocycles. The Morgan fingerprint density at radius 1 is 1.55 bits per heavy atom. The molecular formula is C5H3FN4S. The van der Waals surface area contributed by atoms with Gasteiger partial charge in [-0.3, -0.25) is 0 Å². The van der Waals surface area contributed by atoms with E-state index in [0.29, 0.717) is 10.4 Å². The number of fused-ring (bicyclic) bond motifs is 1. The average Bonchev–Trinajstić information content (AvgIpc) is 2.33. The predicted molar refractivity (Wildman–Crippen MR) is 38.1 cm³/mol. The van der Waals surface area contributed by atoms with E-state index in [1.807, 2.05) is 0 Å². The number of halogens is 1. The highest BCUT2D eigenvalue weighted by Gasteiger charge is 1.97. The molecule has 11 heavy (non-hydrogen) atoms. The average molecular weight is 170 g/mol. The Hall–Kier alpha value is -1.30. The summed E-state index contributed by atoms with van der Waals surface area (Å²) < 4.78 is 14.0. The van der Waals surface area contributed by atoms with Crippen LogP contribution in [0.5, 0.6) is 0 Å². The van der Waals surface area contributed by atoms with Crippen molar-refractivity contribution in [2.75, 3.05) is 0 Å². The molecule has 0 amide bonds. The fourth-order valence-electron chi connectivity index (χ4n) is 0.781. The molecule has 2 aromatic rings. The molecule has 0 fully saturated rings. The van der Waals surface area contributed by atoms with Crippen LogP contribution in [0, 0.1) is 10.7 Å². The highest BCUT2D eigenvalue weighted by molar-refractivity contribution is 7.71. The van der Waals surface area contributed by atoms with Crippen LogP contribution in [0.25, 0.3) is 5.65 Å². The molecule has 0 atom stereocenters. The molecule has 1 N–H and O–H groups in total. The second kappa shape index (κ2) is 2.09. The van der Waals surface area contributed by atoms with Gasteiger partial charge < -0.3 is 0 Å². The fourth-order valence-corrected chi connectivity index (χ4v) is 0.961. The van der Waals surface area contributed by atoms with E-state index in [1.54, 1.807) is 0 Å². The van der Waals surface area contributed by atoms with Crippen LogP contribution in [0.4, 0.5) is 4.39 Å². The third kappa shape index (κ3) is 0.911. The van der Waals surface area contributed by atoms with Crippen LogP contribution in [0.15, 0.2) is 12.1 Å². The Balaban J connectivity index is 2.99. The van der Waals surface area contributed by atoms with Crippen LogP contribution in [-0.2, 0) is 0 Å². The monoisotopic (exact) mass is 170 g/mol. The minimum absolute atomic E-state index is 0.291. The first-order chi connectivity index (χ1) is 5.27. The molecular weight excluding hydrogens is 167 g/mol. The van der Waals surface area contributed by atoms with Gasteiger partial charge >= 0.3 is 0 Å². The standard InChI is InChI=1S/C5H3FN4S/c6-3-1-2-4-7-8-5(11)10(4)9-3/h1-2H,(H,8,11). The van der Waals surface area contributed by atoms with Crippen molar-refractivity contribution in [3.05, 3.63) is 22.9 Å². The van der Waals surface area contributed by atoms with E-state index < -0.39 is 5.95 Å². The van der Waals surface area contributed by atoms with Gasteiger partial charge in [-0.05, 0) is 24.4 Å². The van der Waals surface area contributed by atoms with Gasteiger partial charge in [-0.1, -0.05) is 0 Å². The zero-order valence-corrected chi connectivity index (χ0v) is 6.10. The number of nitrogens with one attached hydrogen (secondary N) is 1. The van der Waals surface area contributed by atoms with E-state index in [4.69, 9.17) is 12.2 Å². The van der Waals surface area contributed by atoms with Gasteiger partial charge in [0.2, 0.25) is 10.7 Å². The Kier molecular flexibility index (Phi) is 1.22. The minimum atomic E-state index is -0.574. The largest absolute Gasteiger partial charge is 0.250 e. The van der Waals surface area contributed by atoms with E-state index in [-0.39, 0.29) is 0 Å². The normalized spacial score (nSPS) is 10.6. The van der Waals surface area contributed by atoms with Crippen molar-refractivity contribution in [2.45, 2.75) is 0 Å². The molecule has 0 unspecified atom stereocenters. The van der Waals surface area contributed by atoms with Crippen LogP contribution >= 0.6 is 12.2 Å². The number of hydrogen-bond donors (Lipinski definition) is 1. The van der Waals surface area contributed by atoms with Crippen LogP contribution in [0.2, 0.25) is 0 Å². The highest BCUT2D eigenvalue weighted by Crippen LogP contribution is 1.97. The van der Waals surface area contributed by atoms with Gasteiger partial charge in [0.25, 0.3) is 0 Å². The summed E-state index contributed by atoms with van der Waals surface area (Å²) in [6, 6.07) is 2.72. The van der Waals surface area contributed by atoms with Crippen molar-refractivity contribution in [2.24, 2.45) is 0 Å². The van der Waals surface area contributed by atoms with Gasteiger partial charge in [-0.15, -0.1) is 5.10 Å². The van der Waals surface area contributed by atoms with Gasteiger partial charge in [0.1, 0.15) is 0 Å². The maximum atomic E-state index is 12.5. The Labute approximate surface area is 65.7 Å². The van der Waals surface area contributed by atoms with E-state index in [2.05, 4.69) is 15.3 Å². The molecule has 0 spiro atoms. The molecule has 4 nitrogen and oxygen atoms in total. The Bertz CT molecular complexity index is 445. The molecule has 2 rings (SSSR count). The summed E-state index contributed by atoms with van der Waals surface area (Å²) >= 11 is 4.76. The quantitative estimate of drug-likeness (QED) is 0.598. The number of hydrogen-bond acceptors (Lipinski definition) is 3. The maximum Gasteiger partial charge on any atom is 0.231 e. The topological polar surface area (TPSA) is 46.0 Å². The molecule has 0 aliphatic rings. The zero-order chi connectivity index (χ0) is 7.84. The second-order valence-corrected chi connectivity index (χ2v) is 2.34. The molecule has 0 aliphatic carbocycles. The number of H-pyrrole nitrogens is 1. The third-order valence-corrected chi connectivity index (χ3v) is 1.51. The molecule has 2 aromatic heterocycles. The summed E-state index contributed by atoms with van der Waals surface area (Å²) in [7, 11) is 0. The lowest BCUT2D eigenvalue weighted by Crippen LogP contribution is -1.93. The van der Waals surface area contributed by atoms with Crippen LogP contribution in [0.1, 0.15) is 0 Å². The SMILES string of the molecule is Fc1ccc2n[nH]c(=S)n2n1. The smallest absolute Gasteiger partial charge is 0.231 e. The van der Waals surface area contributed by atoms with Crippen molar-refractivity contribution >= 4 is 17.9 Å². The number of aromatic amines is 1. The first-order valence-corrected chi connectivity index (χ1v) is 3.28. The van der Waals surface area contributed by atoms with Crippen LogP contribution < -0.4 is 0 Å². The number of nitrogens with zero attached hydrogens (tertiary/aromatic N) is 3. The van der Waals surface area contributed by atoms with E-state index in [9.17, 15) is 4.39 Å². The van der Waals surface area contributed by atoms with Crippen LogP contribution in [-0.4, -0.2) is 19.8 Å². The van der Waals surface area contributed by atoms with Crippen LogP contribution in [0.3, 0.4) is 0 Å². The zero-order valence-electron chi connectivity index (χ0n) is 5.28. The van der Waals surface area contributed by atoms with Crippen molar-refractivity contribution < 1.29 is 4.39 Å². The van der Waals surface area contributed by atoms with Gasteiger partial charge in [0.15, 0.2) is 5.65 Å². The van der Waals surface area contributed by atoms with Crippen molar-refractivity contribution in [3.63, 3.8) is 0 Å². The lowest BCUT2D eigenvalue weighted by Gasteiger charge is -1.87. The van der Waals surface area contributed by atoms with Gasteiger partial charge in [0, 0.05) is 0 Å². The summed E-state index contributed by atoms with van der Waals surface area (Å²) in [5.41, 5.74) is 0.511. The minimum Gasteiger partial charge on any atom is -0.250 e. The predicted octanol–water partition coefficient (Wildman–Crippen LogP) is 0.926. The summed E-state index contributed by atoms with van der Waals surface area (Å²) in [5.74, 6) is -0.574. The Morgan fingerprint density at radius 2 is 2.36 bits per heavy atom. The number of aromatic nitrogens is 4. The fraction of sp³-hybridized carbons (Fsp3) is 0. The van der Waals surface area contributed by atoms with Gasteiger partial charge in [0.05, 0.1) is 0 Å². The summed E-state index contributed by atoms with van der Waals surface area (Å²) in [6.45, 7) is 0. The first kappa shape index (κ1) is 6.41. The summed E-state index contributed by atoms with van der Waals surface area (Å²) in [5, 5.41) is 9.75. The van der Waals surface area contributed by atoms with Crippen molar-refractivity contribution in [3.8, 4) is 0 Å². The van der Waals surface area contributed by atoms with Crippen molar-refractivity contribution in [1.82, 2.24) is 19.8 Å². The molecule has 0 saturated heterocycles. The molecule has 56 valence electrons. The van der Waals surface area contributed by atoms with E-state index in [0.717, 1.165) is 0 Å². The van der Waals surface area contributed by atoms with Crippen molar-refractivity contribution in [1.29, 1.82) is 0 Å². The highest BCUT2D eigenvalue weighted by atomic mass is 32.1. The Morgan fingerprint density at radius 3 is 3.18 bits per heavy atom. The molecule has 0 radical (unpaired) electrons. The van der Waals surface area contributed by atoms with Gasteiger partial charge in [-0.25, -0.2) is 5.10 Å². The first-order valence-electron chi connectivity index (χ1n) is 2.87. The third-order valence-electron chi connectivity index (χ3n) is 1.24. The molecule has 2 heterocycles. The second-order valence-electron chi connectivity index (χ2n) is 1.95. The number of rotatable bonds is 0. The molecule has 0 saturated carbocycles. The maximum absolute atomic E-state index is 12.5. The van der Waals surface area contributed by atoms with E-state index in [1.165, 1.54) is 16.6 Å². The lowest BCUT2D eigenvalue weighted by molar-refractivity contribution is 0.553. The summed E-state index contributed by atoms with van der Waals surface area (Å²) in [6.07, 6.45) is 0. The summed E-state index contributed by atoms with van der Waals surface area (Å²) in [4.78, 5) is 0. The van der Waals surface area contributed by atoms with E-state index >= 15 is 0 Å².